The molecule has 0 aromatic heterocycles. The van der Waals surface area contributed by atoms with E-state index in [1.54, 1.807) is 0 Å². The molecule has 0 amide bonds. The second-order valence-corrected chi connectivity index (χ2v) is 5.87. The van der Waals surface area contributed by atoms with Gasteiger partial charge in [-0.2, -0.15) is 0 Å². The zero-order chi connectivity index (χ0) is 15.9. The monoisotopic (exact) mass is 294 g/mol. The van der Waals surface area contributed by atoms with E-state index in [2.05, 4.69) is 13.2 Å². The Hall–Kier alpha value is -1.58. The number of cyclic esters (lactones) is 1. The van der Waals surface area contributed by atoms with Gasteiger partial charge in [-0.1, -0.05) is 38.3 Å². The van der Waals surface area contributed by atoms with Gasteiger partial charge in [-0.3, -0.25) is 4.79 Å². The number of hydrogen-bond donors (Lipinski definition) is 1. The van der Waals surface area contributed by atoms with Crippen LogP contribution < -0.4 is 0 Å². The van der Waals surface area contributed by atoms with Crippen LogP contribution in [0.2, 0.25) is 0 Å². The topological polar surface area (TPSA) is 63.6 Å². The molecule has 0 bridgehead atoms. The van der Waals surface area contributed by atoms with Gasteiger partial charge in [0.1, 0.15) is 11.5 Å². The fraction of sp³-hybridized carbons (Fsp3) is 0.647. The Balaban J connectivity index is 2.31. The summed E-state index contributed by atoms with van der Waals surface area (Å²) < 4.78 is 5.18. The van der Waals surface area contributed by atoms with Gasteiger partial charge in [0.25, 0.3) is 0 Å². The highest BCUT2D eigenvalue weighted by Gasteiger charge is 2.54. The lowest BCUT2D eigenvalue weighted by Crippen LogP contribution is -2.37. The predicted octanol–water partition coefficient (Wildman–Crippen LogP) is 3.87. The highest BCUT2D eigenvalue weighted by atomic mass is 16.6. The van der Waals surface area contributed by atoms with Gasteiger partial charge >= 0.3 is 11.9 Å². The maximum atomic E-state index is 11.5. The quantitative estimate of drug-likeness (QED) is 0.287. The van der Waals surface area contributed by atoms with Gasteiger partial charge in [-0.25, -0.2) is 4.79 Å². The van der Waals surface area contributed by atoms with Crippen molar-refractivity contribution in [3.05, 3.63) is 24.8 Å². The SMILES string of the molecule is C=CCCCCCCCCC1OC(=O)C(=C)C1(C)C(=O)O. The summed E-state index contributed by atoms with van der Waals surface area (Å²) in [6, 6.07) is 0. The lowest BCUT2D eigenvalue weighted by Gasteiger charge is -2.24. The van der Waals surface area contributed by atoms with Crippen molar-refractivity contribution >= 4 is 11.9 Å². The summed E-state index contributed by atoms with van der Waals surface area (Å²) in [6.07, 6.45) is 9.60. The molecule has 0 saturated carbocycles. The van der Waals surface area contributed by atoms with Crippen LogP contribution in [0.25, 0.3) is 0 Å². The number of unbranched alkanes of at least 4 members (excludes halogenated alkanes) is 6. The molecule has 0 aliphatic carbocycles. The lowest BCUT2D eigenvalue weighted by atomic mass is 9.78. The van der Waals surface area contributed by atoms with E-state index in [0.717, 1.165) is 25.7 Å². The van der Waals surface area contributed by atoms with E-state index in [1.165, 1.54) is 26.2 Å². The number of carbonyl (C=O) groups is 2. The van der Waals surface area contributed by atoms with E-state index in [1.807, 2.05) is 6.08 Å². The fourth-order valence-electron chi connectivity index (χ4n) is 2.66. The first-order valence-electron chi connectivity index (χ1n) is 7.69. The first-order chi connectivity index (χ1) is 9.94. The third-order valence-electron chi connectivity index (χ3n) is 4.34. The van der Waals surface area contributed by atoms with Gasteiger partial charge in [-0.15, -0.1) is 6.58 Å². The van der Waals surface area contributed by atoms with Crippen molar-refractivity contribution in [1.82, 2.24) is 0 Å². The zero-order valence-electron chi connectivity index (χ0n) is 12.9. The average molecular weight is 294 g/mol. The van der Waals surface area contributed by atoms with Crippen LogP contribution in [0.4, 0.5) is 0 Å². The molecule has 0 aromatic carbocycles. The first-order valence-corrected chi connectivity index (χ1v) is 7.69. The summed E-state index contributed by atoms with van der Waals surface area (Å²) in [5.74, 6) is -1.61. The number of aliphatic carboxylic acids is 1. The molecule has 1 rings (SSSR count). The Morgan fingerprint density at radius 1 is 1.29 bits per heavy atom. The first kappa shape index (κ1) is 17.5. The molecule has 1 heterocycles. The van der Waals surface area contributed by atoms with Crippen LogP contribution in [0.1, 0.15) is 58.3 Å². The van der Waals surface area contributed by atoms with E-state index in [-0.39, 0.29) is 5.57 Å². The number of esters is 1. The largest absolute Gasteiger partial charge is 0.480 e. The second kappa shape index (κ2) is 8.01. The number of carbonyl (C=O) groups excluding carboxylic acids is 1. The van der Waals surface area contributed by atoms with E-state index in [9.17, 15) is 14.7 Å². The molecule has 4 nitrogen and oxygen atoms in total. The summed E-state index contributed by atoms with van der Waals surface area (Å²) in [4.78, 5) is 23.0. The molecule has 21 heavy (non-hydrogen) atoms. The van der Waals surface area contributed by atoms with Crippen LogP contribution >= 0.6 is 0 Å². The second-order valence-electron chi connectivity index (χ2n) is 5.87. The standard InChI is InChI=1S/C17H26O4/c1-4-5-6-7-8-9-10-11-12-14-17(3,16(19)20)13(2)15(18)21-14/h4,14H,1-2,5-12H2,3H3,(H,19,20). The molecule has 1 aliphatic heterocycles. The van der Waals surface area contributed by atoms with Crippen molar-refractivity contribution in [1.29, 1.82) is 0 Å². The highest BCUT2D eigenvalue weighted by molar-refractivity contribution is 6.00. The van der Waals surface area contributed by atoms with E-state index < -0.39 is 23.5 Å². The van der Waals surface area contributed by atoms with Crippen LogP contribution in [0.3, 0.4) is 0 Å². The minimum absolute atomic E-state index is 0.0597. The van der Waals surface area contributed by atoms with Gasteiger partial charge in [0.05, 0.1) is 5.57 Å². The molecular weight excluding hydrogens is 268 g/mol. The smallest absolute Gasteiger partial charge is 0.335 e. The molecule has 0 aromatic rings. The Morgan fingerprint density at radius 2 is 1.86 bits per heavy atom. The van der Waals surface area contributed by atoms with E-state index in [0.29, 0.717) is 6.42 Å². The number of carboxylic acid groups (broad SMARTS) is 1. The highest BCUT2D eigenvalue weighted by Crippen LogP contribution is 2.41. The predicted molar refractivity (Wildman–Crippen MR) is 81.9 cm³/mol. The number of allylic oxidation sites excluding steroid dienone is 1. The number of rotatable bonds is 10. The van der Waals surface area contributed by atoms with Crippen molar-refractivity contribution in [2.45, 2.75) is 64.4 Å². The molecule has 1 fully saturated rings. The molecule has 0 spiro atoms. The van der Waals surface area contributed by atoms with Gasteiger partial charge in [0, 0.05) is 0 Å². The van der Waals surface area contributed by atoms with Gasteiger partial charge in [0.15, 0.2) is 0 Å². The maximum absolute atomic E-state index is 11.5. The molecule has 0 radical (unpaired) electrons. The Bertz CT molecular complexity index is 413. The summed E-state index contributed by atoms with van der Waals surface area (Å²) in [6.45, 7) is 8.81. The normalized spacial score (nSPS) is 24.9. The number of carboxylic acids is 1. The Labute approximate surface area is 126 Å². The van der Waals surface area contributed by atoms with Crippen molar-refractivity contribution < 1.29 is 19.4 Å². The number of hydrogen-bond acceptors (Lipinski definition) is 3. The molecule has 4 heteroatoms. The van der Waals surface area contributed by atoms with Crippen LogP contribution in [0, 0.1) is 5.41 Å². The van der Waals surface area contributed by atoms with Gasteiger partial charge in [0.2, 0.25) is 0 Å². The van der Waals surface area contributed by atoms with Crippen LogP contribution in [0.15, 0.2) is 24.8 Å². The Kier molecular flexibility index (Phi) is 6.66. The molecular formula is C17H26O4. The number of ether oxygens (including phenoxy) is 1. The summed E-state index contributed by atoms with van der Waals surface area (Å²) in [5.41, 5.74) is -1.22. The summed E-state index contributed by atoms with van der Waals surface area (Å²) in [7, 11) is 0. The van der Waals surface area contributed by atoms with Crippen molar-refractivity contribution in [2.75, 3.05) is 0 Å². The molecule has 2 unspecified atom stereocenters. The molecule has 1 saturated heterocycles. The van der Waals surface area contributed by atoms with E-state index in [4.69, 9.17) is 4.74 Å². The maximum Gasteiger partial charge on any atom is 0.335 e. The lowest BCUT2D eigenvalue weighted by molar-refractivity contribution is -0.151. The average Bonchev–Trinajstić information content (AvgIpc) is 2.67. The molecule has 2 atom stereocenters. The van der Waals surface area contributed by atoms with Crippen LogP contribution in [-0.2, 0) is 14.3 Å². The van der Waals surface area contributed by atoms with E-state index >= 15 is 0 Å². The summed E-state index contributed by atoms with van der Waals surface area (Å²) in [5, 5.41) is 9.35. The van der Waals surface area contributed by atoms with Gasteiger partial charge in [-0.05, 0) is 32.6 Å². The Morgan fingerprint density at radius 3 is 2.43 bits per heavy atom. The van der Waals surface area contributed by atoms with Crippen molar-refractivity contribution in [2.24, 2.45) is 5.41 Å². The third-order valence-corrected chi connectivity index (χ3v) is 4.34. The van der Waals surface area contributed by atoms with Crippen molar-refractivity contribution in [3.8, 4) is 0 Å². The van der Waals surface area contributed by atoms with Crippen LogP contribution in [0.5, 0.6) is 0 Å². The molecule has 1 N–H and O–H groups in total. The van der Waals surface area contributed by atoms with Crippen molar-refractivity contribution in [3.63, 3.8) is 0 Å². The third kappa shape index (κ3) is 4.19. The summed E-state index contributed by atoms with van der Waals surface area (Å²) >= 11 is 0. The minimum Gasteiger partial charge on any atom is -0.480 e. The minimum atomic E-state index is -1.28. The molecule has 118 valence electrons. The van der Waals surface area contributed by atoms with Crippen LogP contribution in [-0.4, -0.2) is 23.1 Å². The fourth-order valence-corrected chi connectivity index (χ4v) is 2.66. The van der Waals surface area contributed by atoms with Gasteiger partial charge < -0.3 is 9.84 Å². The molecule has 1 aliphatic rings. The zero-order valence-corrected chi connectivity index (χ0v) is 12.9.